The van der Waals surface area contributed by atoms with Gasteiger partial charge in [0, 0.05) is 13.2 Å². The number of rotatable bonds is 11. The summed E-state index contributed by atoms with van der Waals surface area (Å²) in [5.41, 5.74) is 5.45. The summed E-state index contributed by atoms with van der Waals surface area (Å²) in [5, 5.41) is 0. The van der Waals surface area contributed by atoms with Crippen LogP contribution in [-0.2, 0) is 4.74 Å². The van der Waals surface area contributed by atoms with Crippen LogP contribution in [0.15, 0.2) is 0 Å². The zero-order valence-electron chi connectivity index (χ0n) is 10.8. The zero-order valence-corrected chi connectivity index (χ0v) is 10.8. The summed E-state index contributed by atoms with van der Waals surface area (Å²) in [4.78, 5) is 2.37. The Labute approximate surface area is 100 Å². The summed E-state index contributed by atoms with van der Waals surface area (Å²) in [6, 6.07) is 0. The van der Waals surface area contributed by atoms with E-state index < -0.39 is 0 Å². The quantitative estimate of drug-likeness (QED) is 0.549. The third kappa shape index (κ3) is 8.08. The molecule has 3 heteroatoms. The fraction of sp³-hybridized carbons (Fsp3) is 1.00. The van der Waals surface area contributed by atoms with Crippen LogP contribution in [-0.4, -0.2) is 44.8 Å². The molecule has 0 unspecified atom stereocenters. The molecule has 0 aliphatic heterocycles. The van der Waals surface area contributed by atoms with Crippen LogP contribution in [0.5, 0.6) is 0 Å². The Hall–Kier alpha value is -0.120. The first kappa shape index (κ1) is 13.9. The molecule has 0 aromatic heterocycles. The molecule has 0 heterocycles. The Bertz CT molecular complexity index is 160. The standard InChI is InChI=1S/C13H28N2O/c1-15(9-5-3-2-4-8-14)10-11-16-12-13-6-7-13/h13H,2-12,14H2,1H3. The molecule has 16 heavy (non-hydrogen) atoms. The zero-order chi connectivity index (χ0) is 11.6. The minimum atomic E-state index is 0.838. The predicted octanol–water partition coefficient (Wildman–Crippen LogP) is 1.86. The summed E-state index contributed by atoms with van der Waals surface area (Å²) >= 11 is 0. The van der Waals surface area contributed by atoms with Gasteiger partial charge in [-0.1, -0.05) is 12.8 Å². The molecule has 1 rings (SSSR count). The molecule has 1 fully saturated rings. The third-order valence-corrected chi connectivity index (χ3v) is 3.16. The van der Waals surface area contributed by atoms with Crippen molar-refractivity contribution in [2.24, 2.45) is 11.7 Å². The molecule has 0 aromatic carbocycles. The highest BCUT2D eigenvalue weighted by molar-refractivity contribution is 4.71. The molecule has 0 atom stereocenters. The number of ether oxygens (including phenoxy) is 1. The maximum atomic E-state index is 5.61. The summed E-state index contributed by atoms with van der Waals surface area (Å²) < 4.78 is 5.61. The highest BCUT2D eigenvalue weighted by Crippen LogP contribution is 2.28. The number of unbranched alkanes of at least 4 members (excludes halogenated alkanes) is 3. The van der Waals surface area contributed by atoms with Crippen molar-refractivity contribution in [1.82, 2.24) is 4.90 Å². The van der Waals surface area contributed by atoms with E-state index in [1.54, 1.807) is 0 Å². The number of hydrogen-bond acceptors (Lipinski definition) is 3. The smallest absolute Gasteiger partial charge is 0.0593 e. The molecule has 0 bridgehead atoms. The van der Waals surface area contributed by atoms with E-state index in [2.05, 4.69) is 11.9 Å². The lowest BCUT2D eigenvalue weighted by Gasteiger charge is -2.16. The van der Waals surface area contributed by atoms with Crippen molar-refractivity contribution in [3.63, 3.8) is 0 Å². The van der Waals surface area contributed by atoms with Gasteiger partial charge < -0.3 is 15.4 Å². The van der Waals surface area contributed by atoms with Gasteiger partial charge in [-0.05, 0) is 51.7 Å². The van der Waals surface area contributed by atoms with E-state index >= 15 is 0 Å². The lowest BCUT2D eigenvalue weighted by atomic mass is 10.2. The van der Waals surface area contributed by atoms with Gasteiger partial charge >= 0.3 is 0 Å². The van der Waals surface area contributed by atoms with Gasteiger partial charge in [-0.15, -0.1) is 0 Å². The van der Waals surface area contributed by atoms with Crippen LogP contribution in [0.3, 0.4) is 0 Å². The van der Waals surface area contributed by atoms with Crippen molar-refractivity contribution >= 4 is 0 Å². The van der Waals surface area contributed by atoms with Gasteiger partial charge in [0.2, 0.25) is 0 Å². The van der Waals surface area contributed by atoms with E-state index in [-0.39, 0.29) is 0 Å². The fourth-order valence-corrected chi connectivity index (χ4v) is 1.75. The minimum Gasteiger partial charge on any atom is -0.380 e. The number of hydrogen-bond donors (Lipinski definition) is 1. The van der Waals surface area contributed by atoms with Crippen molar-refractivity contribution in [3.05, 3.63) is 0 Å². The normalized spacial score (nSPS) is 15.9. The van der Waals surface area contributed by atoms with Gasteiger partial charge in [0.15, 0.2) is 0 Å². The van der Waals surface area contributed by atoms with E-state index in [0.717, 1.165) is 32.2 Å². The maximum Gasteiger partial charge on any atom is 0.0593 e. The van der Waals surface area contributed by atoms with Gasteiger partial charge in [0.1, 0.15) is 0 Å². The molecule has 0 radical (unpaired) electrons. The van der Waals surface area contributed by atoms with E-state index in [4.69, 9.17) is 10.5 Å². The Kier molecular flexibility index (Phi) is 7.81. The highest BCUT2D eigenvalue weighted by Gasteiger charge is 2.20. The molecule has 1 saturated carbocycles. The van der Waals surface area contributed by atoms with Crippen molar-refractivity contribution in [3.8, 4) is 0 Å². The molecule has 1 aliphatic carbocycles. The predicted molar refractivity (Wildman–Crippen MR) is 68.6 cm³/mol. The molecule has 0 amide bonds. The fourth-order valence-electron chi connectivity index (χ4n) is 1.75. The lowest BCUT2D eigenvalue weighted by Crippen LogP contribution is -2.24. The second-order valence-corrected chi connectivity index (χ2v) is 5.02. The Balaban J connectivity index is 1.76. The Morgan fingerprint density at radius 1 is 1.12 bits per heavy atom. The molecular weight excluding hydrogens is 200 g/mol. The Morgan fingerprint density at radius 2 is 1.88 bits per heavy atom. The van der Waals surface area contributed by atoms with Crippen LogP contribution < -0.4 is 5.73 Å². The van der Waals surface area contributed by atoms with E-state index in [1.165, 1.54) is 45.1 Å². The summed E-state index contributed by atoms with van der Waals surface area (Å²) in [5.74, 6) is 0.890. The van der Waals surface area contributed by atoms with E-state index in [9.17, 15) is 0 Å². The number of likely N-dealkylation sites (N-methyl/N-ethyl adjacent to an activating group) is 1. The van der Waals surface area contributed by atoms with Crippen LogP contribution in [0.2, 0.25) is 0 Å². The molecular formula is C13H28N2O. The summed E-state index contributed by atoms with van der Waals surface area (Å²) in [6.07, 6.45) is 7.83. The second kappa shape index (κ2) is 8.97. The largest absolute Gasteiger partial charge is 0.380 e. The summed E-state index contributed by atoms with van der Waals surface area (Å²) in [7, 11) is 2.18. The molecule has 0 spiro atoms. The average Bonchev–Trinajstić information content (AvgIpc) is 3.08. The maximum absolute atomic E-state index is 5.61. The second-order valence-electron chi connectivity index (χ2n) is 5.02. The van der Waals surface area contributed by atoms with Crippen LogP contribution in [0.4, 0.5) is 0 Å². The average molecular weight is 228 g/mol. The SMILES string of the molecule is CN(CCCCCCN)CCOCC1CC1. The van der Waals surface area contributed by atoms with Crippen molar-refractivity contribution in [1.29, 1.82) is 0 Å². The molecule has 3 nitrogen and oxygen atoms in total. The first-order valence-electron chi connectivity index (χ1n) is 6.79. The Morgan fingerprint density at radius 3 is 2.56 bits per heavy atom. The van der Waals surface area contributed by atoms with Crippen LogP contribution in [0, 0.1) is 5.92 Å². The van der Waals surface area contributed by atoms with Gasteiger partial charge in [-0.25, -0.2) is 0 Å². The van der Waals surface area contributed by atoms with Gasteiger partial charge in [-0.3, -0.25) is 0 Å². The highest BCUT2D eigenvalue weighted by atomic mass is 16.5. The molecule has 0 saturated heterocycles. The summed E-state index contributed by atoms with van der Waals surface area (Å²) in [6.45, 7) is 4.99. The molecule has 96 valence electrons. The van der Waals surface area contributed by atoms with E-state index in [0.29, 0.717) is 0 Å². The molecule has 1 aliphatic rings. The lowest BCUT2D eigenvalue weighted by molar-refractivity contribution is 0.103. The molecule has 2 N–H and O–H groups in total. The van der Waals surface area contributed by atoms with Gasteiger partial charge in [0.25, 0.3) is 0 Å². The van der Waals surface area contributed by atoms with Crippen molar-refractivity contribution in [2.45, 2.75) is 38.5 Å². The number of nitrogens with zero attached hydrogens (tertiary/aromatic N) is 1. The monoisotopic (exact) mass is 228 g/mol. The first-order valence-corrected chi connectivity index (χ1v) is 6.79. The third-order valence-electron chi connectivity index (χ3n) is 3.16. The minimum absolute atomic E-state index is 0.838. The van der Waals surface area contributed by atoms with Crippen molar-refractivity contribution in [2.75, 3.05) is 39.9 Å². The van der Waals surface area contributed by atoms with E-state index in [1.807, 2.05) is 0 Å². The van der Waals surface area contributed by atoms with Crippen LogP contribution >= 0.6 is 0 Å². The van der Waals surface area contributed by atoms with Gasteiger partial charge in [-0.2, -0.15) is 0 Å². The first-order chi connectivity index (χ1) is 7.83. The van der Waals surface area contributed by atoms with Crippen molar-refractivity contribution < 1.29 is 4.74 Å². The van der Waals surface area contributed by atoms with Crippen LogP contribution in [0.25, 0.3) is 0 Å². The molecule has 0 aromatic rings. The van der Waals surface area contributed by atoms with Crippen LogP contribution in [0.1, 0.15) is 38.5 Å². The number of nitrogens with two attached hydrogens (primary N) is 1. The topological polar surface area (TPSA) is 38.5 Å². The van der Waals surface area contributed by atoms with Gasteiger partial charge in [0.05, 0.1) is 6.61 Å².